The first-order valence-corrected chi connectivity index (χ1v) is 17.5. The van der Waals surface area contributed by atoms with Crippen LogP contribution >= 0.6 is 0 Å². The lowest BCUT2D eigenvalue weighted by Gasteiger charge is -2.35. The summed E-state index contributed by atoms with van der Waals surface area (Å²) in [5.41, 5.74) is 8.44. The molecule has 0 spiro atoms. The molecule has 2 aliphatic rings. The van der Waals surface area contributed by atoms with Gasteiger partial charge in [-0.25, -0.2) is 4.98 Å². The molecule has 7 N–H and O–H groups in total. The number of hydrogen-bond donors (Lipinski definition) is 6. The van der Waals surface area contributed by atoms with E-state index in [1.165, 1.54) is 32.1 Å². The third kappa shape index (κ3) is 10.9. The first-order valence-electron chi connectivity index (χ1n) is 17.5. The van der Waals surface area contributed by atoms with E-state index in [-0.39, 0.29) is 11.8 Å². The molecule has 3 aromatic heterocycles. The second-order valence-electron chi connectivity index (χ2n) is 13.0. The molecule has 0 amide bonds. The predicted octanol–water partition coefficient (Wildman–Crippen LogP) is 4.09. The number of allylic oxidation sites excluding steroid dienone is 1. The van der Waals surface area contributed by atoms with Gasteiger partial charge in [0.1, 0.15) is 17.3 Å². The minimum atomic E-state index is -0.416. The molecule has 1 aliphatic carbocycles. The lowest BCUT2D eigenvalue weighted by Crippen LogP contribution is -2.39. The summed E-state index contributed by atoms with van der Waals surface area (Å²) in [7, 11) is 0. The van der Waals surface area contributed by atoms with Crippen molar-refractivity contribution in [2.45, 2.75) is 102 Å². The molecule has 0 unspecified atom stereocenters. The number of nitrogens with zero attached hydrogens (tertiary/aromatic N) is 7. The summed E-state index contributed by atoms with van der Waals surface area (Å²) in [6.45, 7) is 14.0. The SMILES string of the molecule is C=C(O)[C@@H](N)CCC(=C)N1CCC(Nc2nc(NCc3cn(CCCNCCCNC4CCCCC4)nn3)nc3ncccc23)CC1. The summed E-state index contributed by atoms with van der Waals surface area (Å²) < 4.78 is 1.90. The summed E-state index contributed by atoms with van der Waals surface area (Å²) in [4.78, 5) is 16.3. The molecule has 1 atom stereocenters. The molecule has 2 fully saturated rings. The van der Waals surface area contributed by atoms with Gasteiger partial charge in [0.2, 0.25) is 5.95 Å². The van der Waals surface area contributed by atoms with E-state index in [1.807, 2.05) is 23.0 Å². The number of aromatic nitrogens is 6. The van der Waals surface area contributed by atoms with Gasteiger partial charge in [-0.2, -0.15) is 9.97 Å². The Bertz CT molecular complexity index is 1410. The number of rotatable bonds is 19. The van der Waals surface area contributed by atoms with Crippen molar-refractivity contribution in [2.75, 3.05) is 43.4 Å². The van der Waals surface area contributed by atoms with Crippen molar-refractivity contribution in [2.24, 2.45) is 5.73 Å². The number of aliphatic hydroxyl groups excluding tert-OH is 1. The van der Waals surface area contributed by atoms with Crippen molar-refractivity contribution in [1.82, 2.24) is 45.5 Å². The average molecular weight is 647 g/mol. The Balaban J connectivity index is 1.03. The van der Waals surface area contributed by atoms with Crippen LogP contribution in [0.5, 0.6) is 0 Å². The van der Waals surface area contributed by atoms with Gasteiger partial charge in [-0.1, -0.05) is 37.6 Å². The highest BCUT2D eigenvalue weighted by atomic mass is 16.3. The summed E-state index contributed by atoms with van der Waals surface area (Å²) in [5.74, 6) is 1.30. The summed E-state index contributed by atoms with van der Waals surface area (Å²) >= 11 is 0. The van der Waals surface area contributed by atoms with Crippen LogP contribution in [0.1, 0.15) is 76.3 Å². The number of anilines is 2. The van der Waals surface area contributed by atoms with Crippen LogP contribution in [0.25, 0.3) is 11.0 Å². The minimum Gasteiger partial charge on any atom is -0.511 e. The first kappa shape index (κ1) is 34.5. The van der Waals surface area contributed by atoms with Gasteiger partial charge in [-0.05, 0) is 83.1 Å². The van der Waals surface area contributed by atoms with Crippen LogP contribution in [0, 0.1) is 0 Å². The molecule has 3 aromatic rings. The highest BCUT2D eigenvalue weighted by Crippen LogP contribution is 2.25. The van der Waals surface area contributed by atoms with Gasteiger partial charge in [-0.15, -0.1) is 5.10 Å². The number of aliphatic hydroxyl groups is 1. The number of nitrogens with two attached hydrogens (primary N) is 1. The maximum atomic E-state index is 9.49. The number of aryl methyl sites for hydroxylation is 1. The van der Waals surface area contributed by atoms with Gasteiger partial charge in [0.15, 0.2) is 5.65 Å². The van der Waals surface area contributed by atoms with Crippen LogP contribution in [0.3, 0.4) is 0 Å². The van der Waals surface area contributed by atoms with Gasteiger partial charge in [0, 0.05) is 43.6 Å². The van der Waals surface area contributed by atoms with Crippen LogP contribution < -0.4 is 27.0 Å². The van der Waals surface area contributed by atoms with E-state index in [9.17, 15) is 5.11 Å². The van der Waals surface area contributed by atoms with E-state index >= 15 is 0 Å². The highest BCUT2D eigenvalue weighted by molar-refractivity contribution is 5.87. The molecule has 47 heavy (non-hydrogen) atoms. The van der Waals surface area contributed by atoms with E-state index < -0.39 is 6.04 Å². The van der Waals surface area contributed by atoms with Crippen LogP contribution in [0.4, 0.5) is 11.8 Å². The standard InChI is InChI=1S/C34H54N12O/c1-25(12-13-31(35)26(2)47)45-21-14-28(15-22-45)40-33-30-11-6-18-38-32(30)41-34(42-33)39-23-29-24-46(44-43-29)20-8-17-36-16-7-19-37-27-9-4-3-5-10-27/h6,11,18,24,27-28,31,36-37,47H,1-5,7-10,12-17,19-23,35H2,(H2,38,39,40,41,42)/t31-/m0/s1. The fourth-order valence-electron chi connectivity index (χ4n) is 6.35. The van der Waals surface area contributed by atoms with Crippen molar-refractivity contribution in [1.29, 1.82) is 0 Å². The van der Waals surface area contributed by atoms with E-state index in [4.69, 9.17) is 10.7 Å². The van der Waals surface area contributed by atoms with Gasteiger partial charge >= 0.3 is 0 Å². The topological polar surface area (TPSA) is 167 Å². The Labute approximate surface area is 278 Å². The third-order valence-electron chi connectivity index (χ3n) is 9.25. The summed E-state index contributed by atoms with van der Waals surface area (Å²) in [5, 5.41) is 33.3. The van der Waals surface area contributed by atoms with Crippen molar-refractivity contribution in [3.05, 3.63) is 54.8 Å². The fourth-order valence-corrected chi connectivity index (χ4v) is 6.35. The smallest absolute Gasteiger partial charge is 0.227 e. The van der Waals surface area contributed by atoms with E-state index in [0.717, 1.165) is 100 Å². The van der Waals surface area contributed by atoms with Crippen molar-refractivity contribution in [3.63, 3.8) is 0 Å². The Kier molecular flexibility index (Phi) is 13.2. The molecular formula is C34H54N12O. The monoisotopic (exact) mass is 646 g/mol. The zero-order valence-electron chi connectivity index (χ0n) is 27.8. The summed E-state index contributed by atoms with van der Waals surface area (Å²) in [6.07, 6.45) is 16.0. The van der Waals surface area contributed by atoms with E-state index in [1.54, 1.807) is 6.20 Å². The fraction of sp³-hybridized carbons (Fsp3) is 0.618. The molecule has 13 heteroatoms. The molecule has 13 nitrogen and oxygen atoms in total. The quantitative estimate of drug-likeness (QED) is 0.0817. The molecule has 4 heterocycles. The molecule has 1 aliphatic heterocycles. The zero-order chi connectivity index (χ0) is 32.8. The Morgan fingerprint density at radius 3 is 2.64 bits per heavy atom. The Hall–Kier alpha value is -3.81. The van der Waals surface area contributed by atoms with Gasteiger partial charge in [-0.3, -0.25) is 4.68 Å². The second-order valence-corrected chi connectivity index (χ2v) is 13.0. The van der Waals surface area contributed by atoms with Crippen molar-refractivity contribution < 1.29 is 5.11 Å². The number of pyridine rings is 1. The molecule has 0 aromatic carbocycles. The zero-order valence-corrected chi connectivity index (χ0v) is 27.8. The van der Waals surface area contributed by atoms with Crippen LogP contribution in [-0.2, 0) is 13.1 Å². The maximum Gasteiger partial charge on any atom is 0.227 e. The number of nitrogens with one attached hydrogen (secondary N) is 4. The molecule has 0 radical (unpaired) electrons. The van der Waals surface area contributed by atoms with Gasteiger partial charge in [0.25, 0.3) is 0 Å². The average Bonchev–Trinajstić information content (AvgIpc) is 3.55. The Morgan fingerprint density at radius 2 is 1.83 bits per heavy atom. The van der Waals surface area contributed by atoms with Crippen molar-refractivity contribution in [3.8, 4) is 0 Å². The molecule has 0 bridgehead atoms. The minimum absolute atomic E-state index is 0.0227. The van der Waals surface area contributed by atoms with Crippen LogP contribution in [-0.4, -0.2) is 90.8 Å². The molecule has 1 saturated heterocycles. The highest BCUT2D eigenvalue weighted by Gasteiger charge is 2.22. The molecule has 256 valence electrons. The number of hydrogen-bond acceptors (Lipinski definition) is 12. The van der Waals surface area contributed by atoms with E-state index in [2.05, 4.69) is 59.6 Å². The number of likely N-dealkylation sites (tertiary alicyclic amines) is 1. The van der Waals surface area contributed by atoms with Crippen LogP contribution in [0.15, 0.2) is 49.1 Å². The molecular weight excluding hydrogens is 592 g/mol. The lowest BCUT2D eigenvalue weighted by molar-refractivity contribution is 0.261. The van der Waals surface area contributed by atoms with E-state index in [0.29, 0.717) is 24.6 Å². The van der Waals surface area contributed by atoms with Gasteiger partial charge in [0.05, 0.1) is 24.2 Å². The maximum absolute atomic E-state index is 9.49. The first-order chi connectivity index (χ1) is 22.9. The lowest BCUT2D eigenvalue weighted by atomic mass is 9.95. The second kappa shape index (κ2) is 17.9. The number of fused-ring (bicyclic) bond motifs is 1. The van der Waals surface area contributed by atoms with Gasteiger partial charge < -0.3 is 37.0 Å². The number of piperidine rings is 1. The molecule has 5 rings (SSSR count). The van der Waals surface area contributed by atoms with Crippen molar-refractivity contribution >= 4 is 22.8 Å². The molecule has 1 saturated carbocycles. The summed E-state index contributed by atoms with van der Waals surface area (Å²) in [6, 6.07) is 4.49. The predicted molar refractivity (Wildman–Crippen MR) is 188 cm³/mol. The Morgan fingerprint density at radius 1 is 1.02 bits per heavy atom. The largest absolute Gasteiger partial charge is 0.511 e. The third-order valence-corrected chi connectivity index (χ3v) is 9.25. The van der Waals surface area contributed by atoms with Crippen LogP contribution in [0.2, 0.25) is 0 Å². The normalized spacial score (nSPS) is 16.7.